The van der Waals surface area contributed by atoms with Crippen LogP contribution in [0.2, 0.25) is 0 Å². The Hall–Kier alpha value is -3.42. The van der Waals surface area contributed by atoms with Gasteiger partial charge in [-0.1, -0.05) is 59.7 Å². The maximum absolute atomic E-state index is 12.5. The van der Waals surface area contributed by atoms with Crippen molar-refractivity contribution < 1.29 is 13.6 Å². The Morgan fingerprint density at radius 1 is 0.500 bits per heavy atom. The first-order chi connectivity index (χ1) is 16.2. The van der Waals surface area contributed by atoms with Crippen LogP contribution in [0.3, 0.4) is 0 Å². The van der Waals surface area contributed by atoms with Gasteiger partial charge < -0.3 is 0 Å². The first kappa shape index (κ1) is 23.7. The molecule has 0 bridgehead atoms. The van der Waals surface area contributed by atoms with E-state index < -0.39 is 8.25 Å². The van der Waals surface area contributed by atoms with Gasteiger partial charge in [-0.2, -0.15) is 0 Å². The summed E-state index contributed by atoms with van der Waals surface area (Å²) in [6.45, 7) is 12.7. The van der Waals surface area contributed by atoms with Crippen LogP contribution in [0.1, 0.15) is 33.4 Å². The molecule has 172 valence electrons. The van der Waals surface area contributed by atoms with Gasteiger partial charge in [0.1, 0.15) is 0 Å². The molecule has 0 radical (unpaired) electrons. The van der Waals surface area contributed by atoms with Crippen LogP contribution in [0.4, 0.5) is 0 Å². The lowest BCUT2D eigenvalue weighted by Gasteiger charge is -2.11. The van der Waals surface area contributed by atoms with Gasteiger partial charge in [0.05, 0.1) is 0 Å². The third kappa shape index (κ3) is 5.21. The van der Waals surface area contributed by atoms with E-state index in [9.17, 15) is 4.57 Å². The van der Waals surface area contributed by atoms with E-state index in [4.69, 9.17) is 9.05 Å². The SMILES string of the molecule is Cc1cc(C)c(-c2ccc(O[P+](=O)Oc3ccc(-c4c(C)cc(C)cc4C)cc3)cc2)c(C)c1. The molecule has 4 aromatic carbocycles. The Labute approximate surface area is 203 Å². The van der Waals surface area contributed by atoms with Crippen molar-refractivity contribution in [1.29, 1.82) is 0 Å². The smallest absolute Gasteiger partial charge is 0.222 e. The lowest BCUT2D eigenvalue weighted by Crippen LogP contribution is -1.92. The highest BCUT2D eigenvalue weighted by atomic mass is 31.1. The summed E-state index contributed by atoms with van der Waals surface area (Å²) in [5, 5.41) is 0. The average molecular weight is 470 g/mol. The molecule has 34 heavy (non-hydrogen) atoms. The summed E-state index contributed by atoms with van der Waals surface area (Å²) < 4.78 is 23.6. The number of hydrogen-bond acceptors (Lipinski definition) is 3. The molecule has 0 amide bonds. The van der Waals surface area contributed by atoms with Gasteiger partial charge in [-0.15, -0.1) is 0 Å². The summed E-state index contributed by atoms with van der Waals surface area (Å²) >= 11 is 0. The molecular formula is C30H30O3P+. The second-order valence-corrected chi connectivity index (χ2v) is 9.81. The highest BCUT2D eigenvalue weighted by Gasteiger charge is 2.24. The molecule has 0 unspecified atom stereocenters. The Kier molecular flexibility index (Phi) is 6.86. The third-order valence-corrected chi connectivity index (χ3v) is 6.72. The summed E-state index contributed by atoms with van der Waals surface area (Å²) in [6.07, 6.45) is 0. The van der Waals surface area contributed by atoms with Gasteiger partial charge >= 0.3 is 8.25 Å². The van der Waals surface area contributed by atoms with E-state index in [-0.39, 0.29) is 0 Å². The Morgan fingerprint density at radius 2 is 0.794 bits per heavy atom. The molecule has 4 heteroatoms. The predicted octanol–water partition coefficient (Wildman–Crippen LogP) is 8.99. The minimum absolute atomic E-state index is 0.509. The second-order valence-electron chi connectivity index (χ2n) is 9.00. The van der Waals surface area contributed by atoms with Crippen molar-refractivity contribution in [3.05, 3.63) is 106 Å². The zero-order chi connectivity index (χ0) is 24.4. The van der Waals surface area contributed by atoms with Gasteiger partial charge in [0.2, 0.25) is 0 Å². The van der Waals surface area contributed by atoms with Crippen molar-refractivity contribution in [3.8, 4) is 33.8 Å². The minimum atomic E-state index is -2.34. The van der Waals surface area contributed by atoms with Gasteiger partial charge in [-0.3, -0.25) is 0 Å². The Bertz CT molecular complexity index is 1200. The van der Waals surface area contributed by atoms with E-state index in [0.29, 0.717) is 11.5 Å². The average Bonchev–Trinajstić information content (AvgIpc) is 2.75. The molecule has 0 atom stereocenters. The monoisotopic (exact) mass is 469 g/mol. The molecule has 0 aliphatic heterocycles. The zero-order valence-electron chi connectivity index (χ0n) is 20.6. The molecule has 0 saturated carbocycles. The number of aryl methyl sites for hydroxylation is 6. The highest BCUT2D eigenvalue weighted by molar-refractivity contribution is 7.34. The van der Waals surface area contributed by atoms with E-state index >= 15 is 0 Å². The van der Waals surface area contributed by atoms with Crippen LogP contribution in [0.25, 0.3) is 22.3 Å². The fourth-order valence-electron chi connectivity index (χ4n) is 4.83. The maximum Gasteiger partial charge on any atom is 0.805 e. The summed E-state index contributed by atoms with van der Waals surface area (Å²) in [5.41, 5.74) is 12.1. The number of benzene rings is 4. The number of rotatable bonds is 6. The summed E-state index contributed by atoms with van der Waals surface area (Å²) in [7, 11) is -2.34. The van der Waals surface area contributed by atoms with Crippen molar-refractivity contribution in [2.75, 3.05) is 0 Å². The first-order valence-electron chi connectivity index (χ1n) is 11.4. The fraction of sp³-hybridized carbons (Fsp3) is 0.200. The Balaban J connectivity index is 1.43. The number of hydrogen-bond donors (Lipinski definition) is 0. The van der Waals surface area contributed by atoms with Crippen LogP contribution in [0, 0.1) is 41.5 Å². The van der Waals surface area contributed by atoms with Gasteiger partial charge in [0.15, 0.2) is 11.5 Å². The normalized spacial score (nSPS) is 10.8. The molecule has 0 heterocycles. The standard InChI is InChI=1S/C30H30O3P/c1-19-15-21(3)29(22(4)16-19)25-7-11-27(12-8-25)32-34(31)33-28-13-9-26(10-14-28)30-23(5)17-20(2)18-24(30)6/h7-18H,1-6H3/q+1. The lowest BCUT2D eigenvalue weighted by atomic mass is 9.94. The van der Waals surface area contributed by atoms with Gasteiger partial charge in [0.25, 0.3) is 0 Å². The van der Waals surface area contributed by atoms with Crippen molar-refractivity contribution in [2.24, 2.45) is 0 Å². The molecule has 0 spiro atoms. The van der Waals surface area contributed by atoms with Crippen LogP contribution in [-0.4, -0.2) is 0 Å². The van der Waals surface area contributed by atoms with E-state index in [1.165, 1.54) is 44.5 Å². The van der Waals surface area contributed by atoms with E-state index in [1.54, 1.807) is 0 Å². The van der Waals surface area contributed by atoms with Crippen molar-refractivity contribution >= 4 is 8.25 Å². The third-order valence-electron chi connectivity index (χ3n) is 6.00. The van der Waals surface area contributed by atoms with Crippen LogP contribution in [-0.2, 0) is 4.57 Å². The topological polar surface area (TPSA) is 35.5 Å². The van der Waals surface area contributed by atoms with E-state index in [1.807, 2.05) is 48.5 Å². The molecule has 4 rings (SSSR count). The van der Waals surface area contributed by atoms with Gasteiger partial charge in [0, 0.05) is 4.57 Å². The zero-order valence-corrected chi connectivity index (χ0v) is 21.5. The molecule has 0 saturated heterocycles. The van der Waals surface area contributed by atoms with Crippen LogP contribution >= 0.6 is 8.25 Å². The van der Waals surface area contributed by atoms with Gasteiger partial charge in [-0.25, -0.2) is 9.05 Å². The molecule has 0 aromatic heterocycles. The molecular weight excluding hydrogens is 439 g/mol. The second kappa shape index (κ2) is 9.83. The highest BCUT2D eigenvalue weighted by Crippen LogP contribution is 2.35. The van der Waals surface area contributed by atoms with E-state index in [0.717, 1.165) is 11.1 Å². The van der Waals surface area contributed by atoms with Crippen molar-refractivity contribution in [1.82, 2.24) is 0 Å². The van der Waals surface area contributed by atoms with Crippen molar-refractivity contribution in [2.45, 2.75) is 41.5 Å². The van der Waals surface area contributed by atoms with Gasteiger partial charge in [-0.05, 0) is 110 Å². The molecule has 4 aromatic rings. The van der Waals surface area contributed by atoms with Crippen LogP contribution in [0.5, 0.6) is 11.5 Å². The predicted molar refractivity (Wildman–Crippen MR) is 141 cm³/mol. The minimum Gasteiger partial charge on any atom is -0.222 e. The summed E-state index contributed by atoms with van der Waals surface area (Å²) in [5.74, 6) is 1.02. The Morgan fingerprint density at radius 3 is 1.09 bits per heavy atom. The van der Waals surface area contributed by atoms with E-state index in [2.05, 4.69) is 65.8 Å². The van der Waals surface area contributed by atoms with Crippen LogP contribution in [0.15, 0.2) is 72.8 Å². The molecule has 0 aliphatic rings. The molecule has 3 nitrogen and oxygen atoms in total. The van der Waals surface area contributed by atoms with Crippen molar-refractivity contribution in [3.63, 3.8) is 0 Å². The maximum atomic E-state index is 12.5. The molecule has 0 aliphatic carbocycles. The quantitative estimate of drug-likeness (QED) is 0.264. The summed E-state index contributed by atoms with van der Waals surface area (Å²) in [6, 6.07) is 24.0. The first-order valence-corrected chi connectivity index (χ1v) is 12.5. The largest absolute Gasteiger partial charge is 0.805 e. The molecule has 0 N–H and O–H groups in total. The molecule has 0 fully saturated rings. The van der Waals surface area contributed by atoms with Crippen LogP contribution < -0.4 is 9.05 Å². The summed E-state index contributed by atoms with van der Waals surface area (Å²) in [4.78, 5) is 0. The lowest BCUT2D eigenvalue weighted by molar-refractivity contribution is 0.415. The fourth-order valence-corrected chi connectivity index (χ4v) is 5.45.